The minimum Gasteiger partial charge on any atom is -0.598 e. The molecule has 250 valence electrons. The molecule has 0 aliphatic carbocycles. The molecule has 0 spiro atoms. The van der Waals surface area contributed by atoms with Gasteiger partial charge in [-0.15, -0.1) is 4.72 Å². The second-order valence-electron chi connectivity index (χ2n) is 13.1. The van der Waals surface area contributed by atoms with Gasteiger partial charge >= 0.3 is 6.09 Å². The van der Waals surface area contributed by atoms with Crippen molar-refractivity contribution >= 4 is 33.1 Å². The van der Waals surface area contributed by atoms with Gasteiger partial charge < -0.3 is 19.1 Å². The number of sulfone groups is 1. The first-order chi connectivity index (χ1) is 21.1. The summed E-state index contributed by atoms with van der Waals surface area (Å²) in [5.74, 6) is -1.45. The zero-order valence-corrected chi connectivity index (χ0v) is 29.2. The Morgan fingerprint density at radius 2 is 1.63 bits per heavy atom. The van der Waals surface area contributed by atoms with Gasteiger partial charge in [0.25, 0.3) is 5.56 Å². The minimum absolute atomic E-state index is 0.176. The Labute approximate surface area is 272 Å². The van der Waals surface area contributed by atoms with Crippen LogP contribution >= 0.6 is 0 Å². The summed E-state index contributed by atoms with van der Waals surface area (Å²) in [6.07, 6.45) is 0.275. The van der Waals surface area contributed by atoms with E-state index in [2.05, 4.69) is 4.72 Å². The Bertz CT molecular complexity index is 1780. The van der Waals surface area contributed by atoms with E-state index in [-0.39, 0.29) is 16.7 Å². The second-order valence-corrected chi connectivity index (χ2v) is 17.4. The fourth-order valence-corrected chi connectivity index (χ4v) is 7.59. The topological polar surface area (TPSA) is 149 Å². The Morgan fingerprint density at radius 3 is 2.17 bits per heavy atom. The van der Waals surface area contributed by atoms with E-state index in [9.17, 15) is 36.9 Å². The van der Waals surface area contributed by atoms with Crippen LogP contribution in [0.5, 0.6) is 0 Å². The van der Waals surface area contributed by atoms with E-state index in [1.54, 1.807) is 47.0 Å². The smallest absolute Gasteiger partial charge is 0.407 e. The van der Waals surface area contributed by atoms with Crippen LogP contribution in [0.3, 0.4) is 0 Å². The number of carbonyl (C=O) groups excluding carboxylic acids is 1. The Kier molecular flexibility index (Phi) is 11.0. The van der Waals surface area contributed by atoms with Crippen LogP contribution in [0.25, 0.3) is 11.1 Å². The number of ketones is 1. The van der Waals surface area contributed by atoms with Crippen LogP contribution in [-0.2, 0) is 28.2 Å². The number of hydrogen-bond acceptors (Lipinski definition) is 7. The molecule has 0 aliphatic heterocycles. The van der Waals surface area contributed by atoms with Gasteiger partial charge in [0, 0.05) is 54.4 Å². The fourth-order valence-electron chi connectivity index (χ4n) is 4.80. The molecule has 0 bridgehead atoms. The molecule has 3 atom stereocenters. The fraction of sp³-hybridized carbons (Fsp3) is 0.424. The molecule has 0 fully saturated rings. The number of nitrogens with one attached hydrogen (secondary N) is 1. The zero-order valence-electron chi connectivity index (χ0n) is 27.5. The lowest BCUT2D eigenvalue weighted by Crippen LogP contribution is -2.49. The van der Waals surface area contributed by atoms with E-state index >= 15 is 0 Å². The summed E-state index contributed by atoms with van der Waals surface area (Å²) in [5, 5.41) is 8.36. The van der Waals surface area contributed by atoms with Gasteiger partial charge in [0.2, 0.25) is 0 Å². The van der Waals surface area contributed by atoms with Crippen LogP contribution in [0, 0.1) is 5.82 Å². The molecular weight excluding hydrogens is 634 g/mol. The van der Waals surface area contributed by atoms with Crippen LogP contribution in [0.2, 0.25) is 0 Å². The highest BCUT2D eigenvalue weighted by Crippen LogP contribution is 2.36. The number of pyridine rings is 1. The van der Waals surface area contributed by atoms with E-state index in [1.165, 1.54) is 62.7 Å². The number of carboxylic acid groups (broad SMARTS) is 1. The molecule has 2 N–H and O–H groups in total. The minimum atomic E-state index is -3.95. The second kappa shape index (κ2) is 13.7. The van der Waals surface area contributed by atoms with Crippen LogP contribution in [0.1, 0.15) is 86.8 Å². The van der Waals surface area contributed by atoms with Crippen molar-refractivity contribution in [1.82, 2.24) is 14.2 Å². The van der Waals surface area contributed by atoms with E-state index in [0.717, 1.165) is 17.0 Å². The lowest BCUT2D eigenvalue weighted by atomic mass is 9.89. The summed E-state index contributed by atoms with van der Waals surface area (Å²) in [5.41, 5.74) is 0.291. The predicted molar refractivity (Wildman–Crippen MR) is 178 cm³/mol. The van der Waals surface area contributed by atoms with Crippen LogP contribution < -0.4 is 10.3 Å². The molecule has 1 amide bonds. The number of rotatable bonds is 11. The van der Waals surface area contributed by atoms with Crippen molar-refractivity contribution in [3.63, 3.8) is 0 Å². The van der Waals surface area contributed by atoms with Gasteiger partial charge in [-0.1, -0.05) is 12.1 Å². The molecular formula is C33H42FN3O7S2. The zero-order chi connectivity index (χ0) is 34.9. The number of aromatic nitrogens is 1. The van der Waals surface area contributed by atoms with Gasteiger partial charge in [-0.05, 0) is 95.5 Å². The molecule has 3 rings (SSSR count). The van der Waals surface area contributed by atoms with Gasteiger partial charge in [-0.2, -0.15) is 0 Å². The van der Waals surface area contributed by atoms with Crippen LogP contribution in [-0.4, -0.2) is 62.5 Å². The van der Waals surface area contributed by atoms with E-state index < -0.39 is 66.2 Å². The first-order valence-corrected chi connectivity index (χ1v) is 17.4. The van der Waals surface area contributed by atoms with Crippen molar-refractivity contribution in [2.24, 2.45) is 7.05 Å². The SMILES string of the molecule is CC(N[S+]([O-])C(C)(C)C)c1cc(=O)n(C)cc1-c1cc(C(C)S(=O)(=O)CC(C)(C)N(C)C(=O)O)ccc1C(=O)c1ccc(F)cc1. The van der Waals surface area contributed by atoms with Crippen LogP contribution in [0.4, 0.5) is 9.18 Å². The molecule has 3 aromatic rings. The standard InChI is InChI=1S/C33H42FN3O7S2/c1-20(35-45(42)32(3,4)5)26-17-29(38)36(8)18-28(26)27-16-23(12-15-25(27)30(39)22-10-13-24(34)14-11-22)21(2)46(43,44)19-33(6,7)37(9)31(40)41/h10-18,20-21,35H,19H2,1-9H3,(H,40,41). The normalized spacial score (nSPS) is 14.4. The van der Waals surface area contributed by atoms with Crippen molar-refractivity contribution in [3.8, 4) is 11.1 Å². The summed E-state index contributed by atoms with van der Waals surface area (Å²) in [7, 11) is -1.10. The van der Waals surface area contributed by atoms with Crippen molar-refractivity contribution in [1.29, 1.82) is 0 Å². The molecule has 1 heterocycles. The Hall–Kier alpha value is -3.52. The monoisotopic (exact) mass is 675 g/mol. The van der Waals surface area contributed by atoms with Gasteiger partial charge in [0.1, 0.15) is 10.6 Å². The number of halogens is 1. The largest absolute Gasteiger partial charge is 0.598 e. The molecule has 0 saturated carbocycles. The summed E-state index contributed by atoms with van der Waals surface area (Å²) < 4.78 is 57.8. The maximum Gasteiger partial charge on any atom is 0.407 e. The molecule has 46 heavy (non-hydrogen) atoms. The first-order valence-electron chi connectivity index (χ1n) is 14.6. The van der Waals surface area contributed by atoms with Crippen molar-refractivity contribution in [3.05, 3.63) is 93.2 Å². The average Bonchev–Trinajstić information content (AvgIpc) is 2.96. The Balaban J connectivity index is 2.27. The summed E-state index contributed by atoms with van der Waals surface area (Å²) in [6.45, 7) is 11.7. The van der Waals surface area contributed by atoms with Crippen molar-refractivity contribution in [2.45, 2.75) is 70.0 Å². The number of nitrogens with zero attached hydrogens (tertiary/aromatic N) is 2. The number of benzene rings is 2. The molecule has 0 saturated heterocycles. The van der Waals surface area contributed by atoms with E-state index in [0.29, 0.717) is 22.3 Å². The third-order valence-electron chi connectivity index (χ3n) is 8.01. The van der Waals surface area contributed by atoms with Crippen LogP contribution in [0.15, 0.2) is 59.5 Å². The highest BCUT2D eigenvalue weighted by atomic mass is 32.2. The number of aryl methyl sites for hydroxylation is 1. The van der Waals surface area contributed by atoms with Crippen molar-refractivity contribution < 1.29 is 32.1 Å². The van der Waals surface area contributed by atoms with E-state index in [4.69, 9.17) is 0 Å². The predicted octanol–water partition coefficient (Wildman–Crippen LogP) is 5.40. The molecule has 0 radical (unpaired) electrons. The lowest BCUT2D eigenvalue weighted by molar-refractivity contribution is 0.103. The molecule has 1 aromatic heterocycles. The Morgan fingerprint density at radius 1 is 1.04 bits per heavy atom. The number of carbonyl (C=O) groups is 2. The van der Waals surface area contributed by atoms with Gasteiger partial charge in [-0.25, -0.2) is 17.6 Å². The summed E-state index contributed by atoms with van der Waals surface area (Å²) in [4.78, 5) is 39.3. The quantitative estimate of drug-likeness (QED) is 0.203. The molecule has 0 aliphatic rings. The molecule has 10 nitrogen and oxygen atoms in total. The summed E-state index contributed by atoms with van der Waals surface area (Å²) >= 11 is -1.52. The van der Waals surface area contributed by atoms with Gasteiger partial charge in [-0.3, -0.25) is 9.59 Å². The third kappa shape index (κ3) is 8.24. The maximum absolute atomic E-state index is 13.9. The van der Waals surface area contributed by atoms with Gasteiger partial charge in [0.05, 0.1) is 22.6 Å². The lowest BCUT2D eigenvalue weighted by Gasteiger charge is -2.34. The van der Waals surface area contributed by atoms with Crippen molar-refractivity contribution in [2.75, 3.05) is 12.8 Å². The molecule has 3 unspecified atom stereocenters. The number of hydrogen-bond donors (Lipinski definition) is 2. The first kappa shape index (κ1) is 36.9. The average molecular weight is 676 g/mol. The maximum atomic E-state index is 13.9. The highest BCUT2D eigenvalue weighted by Gasteiger charge is 2.37. The third-order valence-corrected chi connectivity index (χ3v) is 12.1. The number of amides is 1. The summed E-state index contributed by atoms with van der Waals surface area (Å²) in [6, 6.07) is 10.4. The van der Waals surface area contributed by atoms with Gasteiger partial charge in [0.15, 0.2) is 15.6 Å². The molecule has 13 heteroatoms. The molecule has 2 aromatic carbocycles. The van der Waals surface area contributed by atoms with E-state index in [1.807, 2.05) is 0 Å². The highest BCUT2D eigenvalue weighted by molar-refractivity contribution is 7.91.